The van der Waals surface area contributed by atoms with Crippen molar-refractivity contribution < 1.29 is 0 Å². The first kappa shape index (κ1) is 28.6. The fourth-order valence-corrected chi connectivity index (χ4v) is 7.86. The molecule has 0 fully saturated rings. The van der Waals surface area contributed by atoms with Crippen LogP contribution in [-0.2, 0) is 6.42 Å². The summed E-state index contributed by atoms with van der Waals surface area (Å²) in [6.07, 6.45) is 16.8. The monoisotopic (exact) mass is 626 g/mol. The quantitative estimate of drug-likeness (QED) is 0.195. The highest BCUT2D eigenvalue weighted by atomic mass is 15.0. The van der Waals surface area contributed by atoms with E-state index in [4.69, 9.17) is 0 Å². The molecule has 0 spiro atoms. The van der Waals surface area contributed by atoms with Crippen LogP contribution in [0.4, 0.5) is 0 Å². The molecule has 0 aliphatic heterocycles. The second-order valence-electron chi connectivity index (χ2n) is 12.6. The molecule has 7 aromatic rings. The van der Waals surface area contributed by atoms with Gasteiger partial charge in [0.2, 0.25) is 0 Å². The van der Waals surface area contributed by atoms with Crippen molar-refractivity contribution in [3.63, 3.8) is 0 Å². The van der Waals surface area contributed by atoms with E-state index in [0.29, 0.717) is 11.1 Å². The van der Waals surface area contributed by atoms with Crippen LogP contribution in [0.2, 0.25) is 0 Å². The van der Waals surface area contributed by atoms with Gasteiger partial charge in [0.25, 0.3) is 0 Å². The number of nitriles is 2. The van der Waals surface area contributed by atoms with E-state index in [-0.39, 0.29) is 5.92 Å². The zero-order valence-corrected chi connectivity index (χ0v) is 26.7. The summed E-state index contributed by atoms with van der Waals surface area (Å²) in [5.41, 5.74) is 12.1. The molecule has 0 saturated heterocycles. The minimum absolute atomic E-state index is 0.0237. The Morgan fingerprint density at radius 2 is 1.31 bits per heavy atom. The molecular formula is C45H30N4. The van der Waals surface area contributed by atoms with Gasteiger partial charge < -0.3 is 9.13 Å². The summed E-state index contributed by atoms with van der Waals surface area (Å²) < 4.78 is 4.56. The Kier molecular flexibility index (Phi) is 6.75. The fourth-order valence-electron chi connectivity index (χ4n) is 7.86. The number of hydrogen-bond donors (Lipinski definition) is 0. The molecule has 0 amide bonds. The lowest BCUT2D eigenvalue weighted by Crippen LogP contribution is -2.10. The topological polar surface area (TPSA) is 57.4 Å². The van der Waals surface area contributed by atoms with Crippen molar-refractivity contribution in [2.24, 2.45) is 0 Å². The van der Waals surface area contributed by atoms with Gasteiger partial charge in [0.15, 0.2) is 0 Å². The van der Waals surface area contributed by atoms with Crippen molar-refractivity contribution in [3.05, 3.63) is 179 Å². The van der Waals surface area contributed by atoms with Crippen LogP contribution in [-0.4, -0.2) is 9.13 Å². The van der Waals surface area contributed by atoms with Crippen LogP contribution >= 0.6 is 0 Å². The van der Waals surface area contributed by atoms with Gasteiger partial charge in [0.1, 0.15) is 6.07 Å². The number of nitrogens with zero attached hydrogens (tertiary/aromatic N) is 4. The minimum atomic E-state index is 0.0237. The largest absolute Gasteiger partial charge is 0.312 e. The Balaban J connectivity index is 1.11. The van der Waals surface area contributed by atoms with Crippen molar-refractivity contribution in [2.45, 2.75) is 18.8 Å². The zero-order chi connectivity index (χ0) is 32.9. The summed E-state index contributed by atoms with van der Waals surface area (Å²) in [5, 5.41) is 24.3. The van der Waals surface area contributed by atoms with Gasteiger partial charge in [-0.2, -0.15) is 10.5 Å². The molecule has 9 rings (SSSR count). The molecule has 0 N–H and O–H groups in total. The normalized spacial score (nSPS) is 15.2. The van der Waals surface area contributed by atoms with Gasteiger partial charge in [-0.05, 0) is 60.0 Å². The van der Waals surface area contributed by atoms with E-state index < -0.39 is 0 Å². The van der Waals surface area contributed by atoms with E-state index in [0.717, 1.165) is 57.5 Å². The van der Waals surface area contributed by atoms with Gasteiger partial charge >= 0.3 is 0 Å². The standard InChI is InChI=1S/C45H30N4/c46-28-33-11-10-20-44(49-42-16-3-1-2-12-35(42)38-15-6-9-19-43(38)49)45(33)31-23-21-30(22-24-31)32-25-26-39(34(27-32)29-47)48-40-17-7-4-13-36(40)37-14-5-8-18-41(37)48/h1-15,17-23,25-27,31H,16,24H2. The molecular weight excluding hydrogens is 597 g/mol. The summed E-state index contributed by atoms with van der Waals surface area (Å²) in [5.74, 6) is 0.0237. The summed E-state index contributed by atoms with van der Waals surface area (Å²) in [6.45, 7) is 0. The first-order chi connectivity index (χ1) is 24.2. The Bertz CT molecular complexity index is 2640. The average molecular weight is 627 g/mol. The smallest absolute Gasteiger partial charge is 0.101 e. The van der Waals surface area contributed by atoms with Crippen molar-refractivity contribution in [2.75, 3.05) is 0 Å². The van der Waals surface area contributed by atoms with Gasteiger partial charge in [-0.3, -0.25) is 0 Å². The molecule has 0 bridgehead atoms. The Morgan fingerprint density at radius 1 is 0.612 bits per heavy atom. The zero-order valence-electron chi connectivity index (χ0n) is 26.7. The minimum Gasteiger partial charge on any atom is -0.312 e. The summed E-state index contributed by atoms with van der Waals surface area (Å²) in [6, 6.07) is 42.5. The first-order valence-electron chi connectivity index (χ1n) is 16.7. The van der Waals surface area contributed by atoms with E-state index in [1.54, 1.807) is 0 Å². The summed E-state index contributed by atoms with van der Waals surface area (Å²) in [7, 11) is 0. The van der Waals surface area contributed by atoms with Gasteiger partial charge in [0.05, 0.1) is 45.1 Å². The van der Waals surface area contributed by atoms with Gasteiger partial charge in [-0.25, -0.2) is 0 Å². The summed E-state index contributed by atoms with van der Waals surface area (Å²) in [4.78, 5) is 0. The molecule has 4 heteroatoms. The van der Waals surface area contributed by atoms with Gasteiger partial charge in [-0.15, -0.1) is 0 Å². The Hall–Kier alpha value is -6.62. The lowest BCUT2D eigenvalue weighted by atomic mass is 9.84. The maximum Gasteiger partial charge on any atom is 0.101 e. The van der Waals surface area contributed by atoms with Gasteiger partial charge in [0, 0.05) is 45.3 Å². The lowest BCUT2D eigenvalue weighted by Gasteiger charge is -2.23. The first-order valence-corrected chi connectivity index (χ1v) is 16.7. The average Bonchev–Trinajstić information content (AvgIpc) is 3.54. The molecule has 0 saturated carbocycles. The fraction of sp³-hybridized carbons (Fsp3) is 0.0667. The third-order valence-electron chi connectivity index (χ3n) is 10.0. The number of para-hydroxylation sites is 3. The number of rotatable bonds is 4. The number of benzene rings is 5. The van der Waals surface area contributed by atoms with Crippen molar-refractivity contribution in [3.8, 4) is 23.5 Å². The third-order valence-corrected chi connectivity index (χ3v) is 10.0. The molecule has 1 atom stereocenters. The van der Waals surface area contributed by atoms with Crippen LogP contribution in [0.5, 0.6) is 0 Å². The number of fused-ring (bicyclic) bond motifs is 6. The van der Waals surface area contributed by atoms with Gasteiger partial charge in [-0.1, -0.05) is 109 Å². The highest BCUT2D eigenvalue weighted by Crippen LogP contribution is 2.40. The van der Waals surface area contributed by atoms with Crippen molar-refractivity contribution in [1.82, 2.24) is 9.13 Å². The Morgan fingerprint density at radius 3 is 2.00 bits per heavy atom. The molecule has 2 aliphatic carbocycles. The second-order valence-corrected chi connectivity index (χ2v) is 12.6. The van der Waals surface area contributed by atoms with Crippen LogP contribution in [0.25, 0.3) is 55.7 Å². The Labute approximate surface area is 284 Å². The predicted molar refractivity (Wildman–Crippen MR) is 200 cm³/mol. The van der Waals surface area contributed by atoms with E-state index in [1.807, 2.05) is 30.3 Å². The molecule has 5 aromatic carbocycles. The molecule has 0 radical (unpaired) electrons. The van der Waals surface area contributed by atoms with Crippen molar-refractivity contribution in [1.29, 1.82) is 10.5 Å². The molecule has 1 unspecified atom stereocenters. The molecule has 2 aliphatic rings. The second kappa shape index (κ2) is 11.6. The number of allylic oxidation sites excluding steroid dienone is 7. The summed E-state index contributed by atoms with van der Waals surface area (Å²) >= 11 is 0. The third kappa shape index (κ3) is 4.50. The number of hydrogen-bond acceptors (Lipinski definition) is 2. The molecule has 2 heterocycles. The van der Waals surface area contributed by atoms with E-state index >= 15 is 0 Å². The molecule has 2 aromatic heterocycles. The number of aromatic nitrogens is 2. The highest BCUT2D eigenvalue weighted by Gasteiger charge is 2.25. The van der Waals surface area contributed by atoms with Crippen LogP contribution in [0.15, 0.2) is 146 Å². The molecule has 230 valence electrons. The van der Waals surface area contributed by atoms with Crippen molar-refractivity contribution >= 4 is 44.4 Å². The lowest BCUT2D eigenvalue weighted by molar-refractivity contribution is 0.833. The van der Waals surface area contributed by atoms with E-state index in [2.05, 4.69) is 143 Å². The van der Waals surface area contributed by atoms with Crippen LogP contribution in [0.3, 0.4) is 0 Å². The van der Waals surface area contributed by atoms with Crippen LogP contribution in [0.1, 0.15) is 45.8 Å². The maximum absolute atomic E-state index is 10.4. The van der Waals surface area contributed by atoms with Crippen LogP contribution in [0, 0.1) is 22.7 Å². The molecule has 49 heavy (non-hydrogen) atoms. The highest BCUT2D eigenvalue weighted by molar-refractivity contribution is 6.09. The predicted octanol–water partition coefficient (Wildman–Crippen LogP) is 10.7. The van der Waals surface area contributed by atoms with E-state index in [9.17, 15) is 10.5 Å². The SMILES string of the molecule is N#Cc1cc(C2=CCC(c3c(C#N)cccc3-n3c4c(c5ccccc53)C=CC=CC4)C=C2)ccc1-n1c2ccccc2c2ccccc21. The molecule has 4 nitrogen and oxygen atoms in total. The van der Waals surface area contributed by atoms with E-state index in [1.165, 1.54) is 27.4 Å². The maximum atomic E-state index is 10.4. The van der Waals surface area contributed by atoms with Crippen LogP contribution < -0.4 is 0 Å².